The van der Waals surface area contributed by atoms with E-state index in [1.807, 2.05) is 0 Å². The zero-order chi connectivity index (χ0) is 15.2. The van der Waals surface area contributed by atoms with Crippen LogP contribution in [0, 0.1) is 0 Å². The number of benzene rings is 1. The summed E-state index contributed by atoms with van der Waals surface area (Å²) in [5.41, 5.74) is 2.89. The molecule has 0 aliphatic carbocycles. The number of hydrogen-bond acceptors (Lipinski definition) is 2. The highest BCUT2D eigenvalue weighted by molar-refractivity contribution is 5.26. The minimum absolute atomic E-state index is 0.510. The Kier molecular flexibility index (Phi) is 6.25. The van der Waals surface area contributed by atoms with E-state index in [-0.39, 0.29) is 0 Å². The number of nitrogens with one attached hydrogen (secondary N) is 1. The molecule has 0 radical (unpaired) electrons. The summed E-state index contributed by atoms with van der Waals surface area (Å²) in [6.07, 6.45) is 3.87. The van der Waals surface area contributed by atoms with Gasteiger partial charge in [0.1, 0.15) is 0 Å². The Hall–Kier alpha value is -0.860. The second kappa shape index (κ2) is 7.95. The van der Waals surface area contributed by atoms with Gasteiger partial charge in [-0.1, -0.05) is 45.0 Å². The maximum absolute atomic E-state index is 3.56. The van der Waals surface area contributed by atoms with Gasteiger partial charge in [-0.2, -0.15) is 0 Å². The van der Waals surface area contributed by atoms with E-state index < -0.39 is 0 Å². The van der Waals surface area contributed by atoms with Crippen molar-refractivity contribution in [3.05, 3.63) is 35.4 Å². The van der Waals surface area contributed by atoms with Crippen molar-refractivity contribution >= 4 is 0 Å². The van der Waals surface area contributed by atoms with Crippen molar-refractivity contribution < 1.29 is 0 Å². The van der Waals surface area contributed by atoms with Crippen LogP contribution in [0.2, 0.25) is 0 Å². The lowest BCUT2D eigenvalue weighted by Crippen LogP contribution is -2.47. The molecule has 2 heteroatoms. The van der Waals surface area contributed by atoms with E-state index in [0.717, 1.165) is 6.54 Å². The maximum atomic E-state index is 3.56. The molecular formula is C19H32N2. The molecule has 0 amide bonds. The minimum atomic E-state index is 0.510. The highest BCUT2D eigenvalue weighted by Crippen LogP contribution is 2.26. The molecule has 21 heavy (non-hydrogen) atoms. The lowest BCUT2D eigenvalue weighted by Gasteiger charge is -2.39. The molecule has 1 saturated heterocycles. The summed E-state index contributed by atoms with van der Waals surface area (Å²) in [5, 5.41) is 3.56. The van der Waals surface area contributed by atoms with Crippen molar-refractivity contribution in [2.24, 2.45) is 0 Å². The zero-order valence-electron chi connectivity index (χ0n) is 14.2. The molecule has 2 rings (SSSR count). The van der Waals surface area contributed by atoms with E-state index in [0.29, 0.717) is 18.0 Å². The van der Waals surface area contributed by atoms with Crippen LogP contribution >= 0.6 is 0 Å². The topological polar surface area (TPSA) is 15.3 Å². The van der Waals surface area contributed by atoms with Crippen LogP contribution in [-0.4, -0.2) is 30.6 Å². The fourth-order valence-electron chi connectivity index (χ4n) is 3.42. The van der Waals surface area contributed by atoms with Crippen LogP contribution in [0.5, 0.6) is 0 Å². The van der Waals surface area contributed by atoms with Crippen molar-refractivity contribution in [1.29, 1.82) is 0 Å². The van der Waals surface area contributed by atoms with Crippen molar-refractivity contribution in [3.63, 3.8) is 0 Å². The van der Waals surface area contributed by atoms with Gasteiger partial charge >= 0.3 is 0 Å². The van der Waals surface area contributed by atoms with Crippen LogP contribution in [0.1, 0.15) is 70.0 Å². The largest absolute Gasteiger partial charge is 0.315 e. The van der Waals surface area contributed by atoms with Crippen LogP contribution in [0.25, 0.3) is 0 Å². The lowest BCUT2D eigenvalue weighted by atomic mass is 9.97. The Morgan fingerprint density at radius 1 is 1.14 bits per heavy atom. The number of piperidine rings is 1. The van der Waals surface area contributed by atoms with E-state index in [4.69, 9.17) is 0 Å². The Morgan fingerprint density at radius 2 is 1.81 bits per heavy atom. The summed E-state index contributed by atoms with van der Waals surface area (Å²) >= 11 is 0. The zero-order valence-corrected chi connectivity index (χ0v) is 14.2. The van der Waals surface area contributed by atoms with Crippen molar-refractivity contribution in [2.75, 3.05) is 19.6 Å². The summed E-state index contributed by atoms with van der Waals surface area (Å²) in [4.78, 5) is 2.70. The third-order valence-corrected chi connectivity index (χ3v) is 4.80. The molecule has 1 aromatic rings. The van der Waals surface area contributed by atoms with E-state index in [1.54, 1.807) is 0 Å². The van der Waals surface area contributed by atoms with Crippen molar-refractivity contribution in [1.82, 2.24) is 10.2 Å². The molecular weight excluding hydrogens is 256 g/mol. The fourth-order valence-corrected chi connectivity index (χ4v) is 3.42. The molecule has 2 atom stereocenters. The first-order chi connectivity index (χ1) is 10.1. The Bertz CT molecular complexity index is 404. The third kappa shape index (κ3) is 4.31. The normalized spacial score (nSPS) is 21.0. The number of hydrogen-bond donors (Lipinski definition) is 1. The van der Waals surface area contributed by atoms with E-state index >= 15 is 0 Å². The average Bonchev–Trinajstić information content (AvgIpc) is 2.53. The second-order valence-corrected chi connectivity index (χ2v) is 6.74. The predicted molar refractivity (Wildman–Crippen MR) is 91.8 cm³/mol. The molecule has 0 spiro atoms. The van der Waals surface area contributed by atoms with Crippen molar-refractivity contribution in [2.45, 2.75) is 65.0 Å². The molecule has 1 aromatic carbocycles. The molecule has 1 aliphatic heterocycles. The Labute approximate surface area is 130 Å². The van der Waals surface area contributed by atoms with Crippen LogP contribution < -0.4 is 5.32 Å². The highest BCUT2D eigenvalue weighted by Gasteiger charge is 2.25. The van der Waals surface area contributed by atoms with Crippen LogP contribution in [0.4, 0.5) is 0 Å². The fraction of sp³-hybridized carbons (Fsp3) is 0.684. The molecule has 1 aliphatic rings. The van der Waals surface area contributed by atoms with E-state index in [2.05, 4.69) is 62.2 Å². The second-order valence-electron chi connectivity index (χ2n) is 6.74. The molecule has 1 fully saturated rings. The van der Waals surface area contributed by atoms with Crippen LogP contribution in [0.3, 0.4) is 0 Å². The first-order valence-corrected chi connectivity index (χ1v) is 8.69. The molecule has 1 heterocycles. The highest BCUT2D eigenvalue weighted by atomic mass is 15.2. The van der Waals surface area contributed by atoms with Gasteiger partial charge in [-0.15, -0.1) is 0 Å². The molecule has 0 aromatic heterocycles. The number of nitrogens with zero attached hydrogens (tertiary/aromatic N) is 1. The SMILES string of the molecule is CCCN(C1CCCNC1)C(C)c1ccc(C(C)C)cc1. The predicted octanol–water partition coefficient (Wildman–Crippen LogP) is 4.34. The van der Waals surface area contributed by atoms with Gasteiger partial charge in [0, 0.05) is 18.6 Å². The lowest BCUT2D eigenvalue weighted by molar-refractivity contribution is 0.120. The summed E-state index contributed by atoms with van der Waals surface area (Å²) in [7, 11) is 0. The van der Waals surface area contributed by atoms with Gasteiger partial charge in [0.15, 0.2) is 0 Å². The van der Waals surface area contributed by atoms with E-state index in [1.165, 1.54) is 43.5 Å². The van der Waals surface area contributed by atoms with Gasteiger partial charge in [-0.3, -0.25) is 4.90 Å². The summed E-state index contributed by atoms with van der Waals surface area (Å²) in [6, 6.07) is 10.5. The smallest absolute Gasteiger partial charge is 0.0323 e. The van der Waals surface area contributed by atoms with Crippen LogP contribution in [0.15, 0.2) is 24.3 Å². The maximum Gasteiger partial charge on any atom is 0.0323 e. The van der Waals surface area contributed by atoms with Gasteiger partial charge in [-0.05, 0) is 56.3 Å². The first kappa shape index (κ1) is 16.5. The molecule has 0 bridgehead atoms. The molecule has 2 unspecified atom stereocenters. The monoisotopic (exact) mass is 288 g/mol. The van der Waals surface area contributed by atoms with Gasteiger partial charge in [-0.25, -0.2) is 0 Å². The molecule has 1 N–H and O–H groups in total. The quantitative estimate of drug-likeness (QED) is 0.838. The minimum Gasteiger partial charge on any atom is -0.315 e. The molecule has 0 saturated carbocycles. The average molecular weight is 288 g/mol. The first-order valence-electron chi connectivity index (χ1n) is 8.69. The summed E-state index contributed by atoms with van der Waals surface area (Å²) in [5.74, 6) is 0.614. The van der Waals surface area contributed by atoms with Gasteiger partial charge in [0.05, 0.1) is 0 Å². The number of rotatable bonds is 6. The summed E-state index contributed by atoms with van der Waals surface area (Å²) in [6.45, 7) is 12.7. The van der Waals surface area contributed by atoms with Gasteiger partial charge < -0.3 is 5.32 Å². The molecule has 2 nitrogen and oxygen atoms in total. The molecule has 118 valence electrons. The Balaban J connectivity index is 2.10. The summed E-state index contributed by atoms with van der Waals surface area (Å²) < 4.78 is 0. The van der Waals surface area contributed by atoms with Gasteiger partial charge in [0.2, 0.25) is 0 Å². The van der Waals surface area contributed by atoms with E-state index in [9.17, 15) is 0 Å². The van der Waals surface area contributed by atoms with Crippen molar-refractivity contribution in [3.8, 4) is 0 Å². The van der Waals surface area contributed by atoms with Crippen LogP contribution in [-0.2, 0) is 0 Å². The Morgan fingerprint density at radius 3 is 2.33 bits per heavy atom. The standard InChI is InChI=1S/C19H32N2/c1-5-13-21(19-7-6-12-20-14-19)16(4)18-10-8-17(9-11-18)15(2)3/h8-11,15-16,19-20H,5-7,12-14H2,1-4H3. The van der Waals surface area contributed by atoms with Gasteiger partial charge in [0.25, 0.3) is 0 Å². The third-order valence-electron chi connectivity index (χ3n) is 4.80.